The Morgan fingerprint density at radius 2 is 2.09 bits per heavy atom. The Labute approximate surface area is 133 Å². The van der Waals surface area contributed by atoms with E-state index in [4.69, 9.17) is 4.74 Å². The first kappa shape index (κ1) is 16.8. The SMILES string of the molecule is Cc1ccc(C)c(OCCC(=O)NCCN2CCNCC2)c1. The maximum absolute atomic E-state index is 11.8. The van der Waals surface area contributed by atoms with E-state index in [2.05, 4.69) is 21.6 Å². The second kappa shape index (κ2) is 8.76. The fourth-order valence-electron chi connectivity index (χ4n) is 2.49. The predicted molar refractivity (Wildman–Crippen MR) is 88.3 cm³/mol. The van der Waals surface area contributed by atoms with Gasteiger partial charge in [-0.2, -0.15) is 0 Å². The number of nitrogens with one attached hydrogen (secondary N) is 2. The molecule has 122 valence electrons. The van der Waals surface area contributed by atoms with Gasteiger partial charge in [0.25, 0.3) is 0 Å². The van der Waals surface area contributed by atoms with Gasteiger partial charge in [-0.1, -0.05) is 12.1 Å². The van der Waals surface area contributed by atoms with E-state index in [1.54, 1.807) is 0 Å². The van der Waals surface area contributed by atoms with E-state index in [-0.39, 0.29) is 5.91 Å². The van der Waals surface area contributed by atoms with Gasteiger partial charge in [0, 0.05) is 39.3 Å². The zero-order valence-electron chi connectivity index (χ0n) is 13.7. The molecule has 0 bridgehead atoms. The van der Waals surface area contributed by atoms with Crippen LogP contribution in [0.15, 0.2) is 18.2 Å². The summed E-state index contributed by atoms with van der Waals surface area (Å²) in [6.45, 7) is 10.3. The molecule has 0 aromatic heterocycles. The van der Waals surface area contributed by atoms with Gasteiger partial charge in [0.05, 0.1) is 13.0 Å². The fraction of sp³-hybridized carbons (Fsp3) is 0.588. The summed E-state index contributed by atoms with van der Waals surface area (Å²) in [5, 5.41) is 6.28. The Bertz CT molecular complexity index is 485. The molecule has 2 rings (SSSR count). The van der Waals surface area contributed by atoms with Crippen molar-refractivity contribution in [2.24, 2.45) is 0 Å². The first-order valence-electron chi connectivity index (χ1n) is 8.05. The molecule has 5 nitrogen and oxygen atoms in total. The highest BCUT2D eigenvalue weighted by Gasteiger charge is 2.09. The van der Waals surface area contributed by atoms with Gasteiger partial charge in [-0.25, -0.2) is 0 Å². The van der Waals surface area contributed by atoms with Gasteiger partial charge in [-0.05, 0) is 31.0 Å². The minimum Gasteiger partial charge on any atom is -0.493 e. The quantitative estimate of drug-likeness (QED) is 0.792. The molecule has 0 spiro atoms. The lowest BCUT2D eigenvalue weighted by molar-refractivity contribution is -0.121. The molecule has 0 saturated carbocycles. The van der Waals surface area contributed by atoms with Gasteiger partial charge in [0.1, 0.15) is 5.75 Å². The Morgan fingerprint density at radius 3 is 2.86 bits per heavy atom. The van der Waals surface area contributed by atoms with Crippen LogP contribution >= 0.6 is 0 Å². The summed E-state index contributed by atoms with van der Waals surface area (Å²) in [7, 11) is 0. The fourth-order valence-corrected chi connectivity index (χ4v) is 2.49. The maximum Gasteiger partial charge on any atom is 0.223 e. The molecule has 0 atom stereocenters. The number of piperazine rings is 1. The second-order valence-corrected chi connectivity index (χ2v) is 5.81. The van der Waals surface area contributed by atoms with Gasteiger partial charge in [0.2, 0.25) is 5.91 Å². The number of benzene rings is 1. The van der Waals surface area contributed by atoms with E-state index in [0.29, 0.717) is 19.6 Å². The standard InChI is InChI=1S/C17H27N3O2/c1-14-3-4-15(2)16(13-14)22-12-5-17(21)19-8-11-20-9-6-18-7-10-20/h3-4,13,18H,5-12H2,1-2H3,(H,19,21). The highest BCUT2D eigenvalue weighted by molar-refractivity contribution is 5.75. The van der Waals surface area contributed by atoms with Crippen LogP contribution in [0.2, 0.25) is 0 Å². The number of rotatable bonds is 7. The van der Waals surface area contributed by atoms with E-state index in [9.17, 15) is 4.79 Å². The van der Waals surface area contributed by atoms with Crippen LogP contribution in [0.4, 0.5) is 0 Å². The van der Waals surface area contributed by atoms with E-state index in [0.717, 1.165) is 44.0 Å². The molecule has 1 aromatic rings. The van der Waals surface area contributed by atoms with Crippen LogP contribution in [0, 0.1) is 13.8 Å². The van der Waals surface area contributed by atoms with Gasteiger partial charge < -0.3 is 15.4 Å². The summed E-state index contributed by atoms with van der Waals surface area (Å²) in [5.74, 6) is 0.925. The van der Waals surface area contributed by atoms with Crippen molar-refractivity contribution in [2.45, 2.75) is 20.3 Å². The van der Waals surface area contributed by atoms with Crippen molar-refractivity contribution >= 4 is 5.91 Å². The van der Waals surface area contributed by atoms with Crippen LogP contribution < -0.4 is 15.4 Å². The molecule has 2 N–H and O–H groups in total. The van der Waals surface area contributed by atoms with Crippen LogP contribution in [0.5, 0.6) is 5.75 Å². The Kier molecular flexibility index (Phi) is 6.68. The molecule has 5 heteroatoms. The zero-order chi connectivity index (χ0) is 15.8. The number of hydrogen-bond donors (Lipinski definition) is 2. The minimum atomic E-state index is 0.0560. The van der Waals surface area contributed by atoms with Crippen molar-refractivity contribution in [2.75, 3.05) is 45.9 Å². The number of hydrogen-bond acceptors (Lipinski definition) is 4. The Hall–Kier alpha value is -1.59. The average molecular weight is 305 g/mol. The van der Waals surface area contributed by atoms with Gasteiger partial charge in [0.15, 0.2) is 0 Å². The molecule has 22 heavy (non-hydrogen) atoms. The number of nitrogens with zero attached hydrogens (tertiary/aromatic N) is 1. The first-order chi connectivity index (χ1) is 10.6. The van der Waals surface area contributed by atoms with E-state index < -0.39 is 0 Å². The van der Waals surface area contributed by atoms with Crippen molar-refractivity contribution in [3.8, 4) is 5.75 Å². The summed E-state index contributed by atoms with van der Waals surface area (Å²) in [6, 6.07) is 6.11. The lowest BCUT2D eigenvalue weighted by Gasteiger charge is -2.27. The van der Waals surface area contributed by atoms with Crippen LogP contribution in [0.25, 0.3) is 0 Å². The molecule has 1 amide bonds. The average Bonchev–Trinajstić information content (AvgIpc) is 2.52. The molecule has 1 aromatic carbocycles. The van der Waals surface area contributed by atoms with Crippen molar-refractivity contribution in [3.05, 3.63) is 29.3 Å². The lowest BCUT2D eigenvalue weighted by atomic mass is 10.1. The molecule has 1 aliphatic rings. The third-order valence-electron chi connectivity index (χ3n) is 3.89. The molecule has 1 aliphatic heterocycles. The summed E-state index contributed by atoms with van der Waals surface area (Å²) >= 11 is 0. The molecule has 0 radical (unpaired) electrons. The largest absolute Gasteiger partial charge is 0.493 e. The monoisotopic (exact) mass is 305 g/mol. The lowest BCUT2D eigenvalue weighted by Crippen LogP contribution is -2.46. The Balaban J connectivity index is 1.60. The molecule has 1 fully saturated rings. The molecule has 1 heterocycles. The van der Waals surface area contributed by atoms with E-state index in [1.165, 1.54) is 5.56 Å². The zero-order valence-corrected chi connectivity index (χ0v) is 13.7. The third-order valence-corrected chi connectivity index (χ3v) is 3.89. The van der Waals surface area contributed by atoms with E-state index in [1.807, 2.05) is 26.0 Å². The van der Waals surface area contributed by atoms with E-state index >= 15 is 0 Å². The number of amides is 1. The van der Waals surface area contributed by atoms with Crippen molar-refractivity contribution in [3.63, 3.8) is 0 Å². The van der Waals surface area contributed by atoms with Crippen LogP contribution in [0.3, 0.4) is 0 Å². The van der Waals surface area contributed by atoms with Crippen LogP contribution in [-0.2, 0) is 4.79 Å². The first-order valence-corrected chi connectivity index (χ1v) is 8.05. The normalized spacial score (nSPS) is 15.5. The maximum atomic E-state index is 11.8. The molecular formula is C17H27N3O2. The number of ether oxygens (including phenoxy) is 1. The van der Waals surface area contributed by atoms with Crippen molar-refractivity contribution in [1.29, 1.82) is 0 Å². The number of carbonyl (C=O) groups excluding carboxylic acids is 1. The summed E-state index contributed by atoms with van der Waals surface area (Å²) in [6.07, 6.45) is 0.398. The van der Waals surface area contributed by atoms with Crippen molar-refractivity contribution in [1.82, 2.24) is 15.5 Å². The highest BCUT2D eigenvalue weighted by Crippen LogP contribution is 2.19. The third kappa shape index (κ3) is 5.66. The Morgan fingerprint density at radius 1 is 1.32 bits per heavy atom. The number of carbonyl (C=O) groups is 1. The summed E-state index contributed by atoms with van der Waals surface area (Å²) < 4.78 is 5.71. The minimum absolute atomic E-state index is 0.0560. The summed E-state index contributed by atoms with van der Waals surface area (Å²) in [4.78, 5) is 14.2. The van der Waals surface area contributed by atoms with Crippen molar-refractivity contribution < 1.29 is 9.53 Å². The van der Waals surface area contributed by atoms with Crippen LogP contribution in [0.1, 0.15) is 17.5 Å². The number of aryl methyl sites for hydroxylation is 2. The molecular weight excluding hydrogens is 278 g/mol. The second-order valence-electron chi connectivity index (χ2n) is 5.81. The predicted octanol–water partition coefficient (Wildman–Crippen LogP) is 1.09. The molecule has 0 unspecified atom stereocenters. The van der Waals surface area contributed by atoms with Gasteiger partial charge >= 0.3 is 0 Å². The molecule has 0 aliphatic carbocycles. The topological polar surface area (TPSA) is 53.6 Å². The van der Waals surface area contributed by atoms with Gasteiger partial charge in [-0.15, -0.1) is 0 Å². The van der Waals surface area contributed by atoms with Crippen LogP contribution in [-0.4, -0.2) is 56.7 Å². The smallest absolute Gasteiger partial charge is 0.223 e. The molecule has 1 saturated heterocycles. The highest BCUT2D eigenvalue weighted by atomic mass is 16.5. The summed E-state index contributed by atoms with van der Waals surface area (Å²) in [5.41, 5.74) is 2.27. The van der Waals surface area contributed by atoms with Gasteiger partial charge in [-0.3, -0.25) is 9.69 Å².